The number of aromatic amines is 1. The summed E-state index contributed by atoms with van der Waals surface area (Å²) in [6.07, 6.45) is 0. The number of carbonyl (C=O) groups is 1. The largest absolute Gasteiger partial charge is 0.497 e. The summed E-state index contributed by atoms with van der Waals surface area (Å²) in [6, 6.07) is 7.53. The number of hydrogen-bond donors (Lipinski definition) is 2. The maximum atomic E-state index is 11.5. The van der Waals surface area contributed by atoms with Crippen LogP contribution >= 0.6 is 0 Å². The molecule has 0 atom stereocenters. The fraction of sp³-hybridized carbons (Fsp3) is 0.214. The summed E-state index contributed by atoms with van der Waals surface area (Å²) in [7, 11) is 1.62. The summed E-state index contributed by atoms with van der Waals surface area (Å²) in [4.78, 5) is 14.7. The topological polar surface area (TPSA) is 68.1 Å². The molecule has 1 heterocycles. The van der Waals surface area contributed by atoms with Crippen LogP contribution in [0.25, 0.3) is 11.3 Å². The number of carbonyl (C=O) groups excluding carboxylic acids is 1. The van der Waals surface area contributed by atoms with Gasteiger partial charge in [-0.3, -0.25) is 4.79 Å². The summed E-state index contributed by atoms with van der Waals surface area (Å²) in [5.74, 6) is 0.758. The van der Waals surface area contributed by atoms with Gasteiger partial charge in [-0.25, -0.2) is 0 Å². The molecule has 0 bridgehead atoms. The highest BCUT2D eigenvalue weighted by atomic mass is 16.5. The van der Waals surface area contributed by atoms with Gasteiger partial charge in [0.05, 0.1) is 24.1 Å². The van der Waals surface area contributed by atoms with Crippen LogP contribution in [0, 0.1) is 6.92 Å². The van der Waals surface area contributed by atoms with E-state index in [1.807, 2.05) is 31.2 Å². The van der Waals surface area contributed by atoms with E-state index in [4.69, 9.17) is 10.5 Å². The van der Waals surface area contributed by atoms with Crippen LogP contribution < -0.4 is 10.5 Å². The van der Waals surface area contributed by atoms with Gasteiger partial charge >= 0.3 is 0 Å². The molecule has 3 N–H and O–H groups in total. The van der Waals surface area contributed by atoms with Crippen LogP contribution in [-0.4, -0.2) is 17.9 Å². The standard InChI is InChI=1S/C14H16N2O2/c1-8-12(9(2)17)13(15)14(16-8)10-4-6-11(18-3)7-5-10/h4-7,16H,15H2,1-3H3. The van der Waals surface area contributed by atoms with E-state index in [0.29, 0.717) is 11.3 Å². The van der Waals surface area contributed by atoms with Crippen molar-refractivity contribution in [3.63, 3.8) is 0 Å². The number of H-pyrrole nitrogens is 1. The Kier molecular flexibility index (Phi) is 3.10. The van der Waals surface area contributed by atoms with E-state index >= 15 is 0 Å². The molecular formula is C14H16N2O2. The van der Waals surface area contributed by atoms with Gasteiger partial charge in [0.1, 0.15) is 5.75 Å². The minimum absolute atomic E-state index is 0.0268. The van der Waals surface area contributed by atoms with Crippen LogP contribution in [0.3, 0.4) is 0 Å². The average molecular weight is 244 g/mol. The van der Waals surface area contributed by atoms with Crippen molar-refractivity contribution >= 4 is 11.5 Å². The quantitative estimate of drug-likeness (QED) is 0.816. The van der Waals surface area contributed by atoms with Gasteiger partial charge in [-0.1, -0.05) is 0 Å². The van der Waals surface area contributed by atoms with Crippen molar-refractivity contribution in [2.45, 2.75) is 13.8 Å². The molecule has 0 radical (unpaired) electrons. The lowest BCUT2D eigenvalue weighted by atomic mass is 10.1. The number of aryl methyl sites for hydroxylation is 1. The molecule has 1 aromatic heterocycles. The van der Waals surface area contributed by atoms with Gasteiger partial charge in [-0.05, 0) is 38.1 Å². The van der Waals surface area contributed by atoms with Crippen molar-refractivity contribution in [2.75, 3.05) is 12.8 Å². The third kappa shape index (κ3) is 1.97. The Hall–Kier alpha value is -2.23. The number of ether oxygens (including phenoxy) is 1. The van der Waals surface area contributed by atoms with E-state index in [9.17, 15) is 4.79 Å². The Labute approximate surface area is 106 Å². The molecule has 0 saturated heterocycles. The first-order valence-electron chi connectivity index (χ1n) is 5.68. The molecule has 0 aliphatic heterocycles. The van der Waals surface area contributed by atoms with Crippen LogP contribution in [0.4, 0.5) is 5.69 Å². The number of aromatic nitrogens is 1. The molecule has 2 rings (SSSR count). The van der Waals surface area contributed by atoms with Gasteiger partial charge in [-0.2, -0.15) is 0 Å². The van der Waals surface area contributed by atoms with Crippen molar-refractivity contribution in [1.29, 1.82) is 0 Å². The molecule has 0 amide bonds. The normalized spacial score (nSPS) is 10.4. The van der Waals surface area contributed by atoms with Crippen LogP contribution in [0.15, 0.2) is 24.3 Å². The number of anilines is 1. The number of nitrogens with one attached hydrogen (secondary N) is 1. The zero-order valence-electron chi connectivity index (χ0n) is 10.7. The molecule has 94 valence electrons. The average Bonchev–Trinajstić information content (AvgIpc) is 2.65. The predicted molar refractivity (Wildman–Crippen MR) is 71.9 cm³/mol. The van der Waals surface area contributed by atoms with E-state index in [0.717, 1.165) is 22.7 Å². The first-order chi connectivity index (χ1) is 8.54. The Morgan fingerprint density at radius 1 is 1.28 bits per heavy atom. The number of hydrogen-bond acceptors (Lipinski definition) is 3. The second kappa shape index (κ2) is 4.56. The summed E-state index contributed by atoms with van der Waals surface area (Å²) >= 11 is 0. The lowest BCUT2D eigenvalue weighted by molar-refractivity contribution is 0.101. The molecule has 2 aromatic rings. The van der Waals surface area contributed by atoms with E-state index in [1.54, 1.807) is 7.11 Å². The molecule has 18 heavy (non-hydrogen) atoms. The number of benzene rings is 1. The van der Waals surface area contributed by atoms with Crippen LogP contribution in [0.5, 0.6) is 5.75 Å². The first-order valence-corrected chi connectivity index (χ1v) is 5.68. The molecule has 4 heteroatoms. The van der Waals surface area contributed by atoms with Gasteiger partial charge < -0.3 is 15.5 Å². The third-order valence-electron chi connectivity index (χ3n) is 2.96. The maximum Gasteiger partial charge on any atom is 0.163 e. The van der Waals surface area contributed by atoms with E-state index in [1.165, 1.54) is 6.92 Å². The molecule has 0 saturated carbocycles. The van der Waals surface area contributed by atoms with Crippen molar-refractivity contribution < 1.29 is 9.53 Å². The van der Waals surface area contributed by atoms with Crippen molar-refractivity contribution in [3.8, 4) is 17.0 Å². The minimum atomic E-state index is -0.0268. The van der Waals surface area contributed by atoms with Gasteiger partial charge in [0.15, 0.2) is 5.78 Å². The second-order valence-electron chi connectivity index (χ2n) is 4.20. The molecule has 0 aliphatic carbocycles. The molecule has 1 aromatic carbocycles. The second-order valence-corrected chi connectivity index (χ2v) is 4.20. The highest BCUT2D eigenvalue weighted by molar-refractivity contribution is 6.03. The van der Waals surface area contributed by atoms with E-state index in [-0.39, 0.29) is 5.78 Å². The highest BCUT2D eigenvalue weighted by Gasteiger charge is 2.16. The Morgan fingerprint density at radius 3 is 2.33 bits per heavy atom. The predicted octanol–water partition coefficient (Wildman–Crippen LogP) is 2.78. The van der Waals surface area contributed by atoms with Crippen LogP contribution in [-0.2, 0) is 0 Å². The minimum Gasteiger partial charge on any atom is -0.497 e. The van der Waals surface area contributed by atoms with Gasteiger partial charge in [0, 0.05) is 11.3 Å². The number of rotatable bonds is 3. The number of ketones is 1. The summed E-state index contributed by atoms with van der Waals surface area (Å²) in [5.41, 5.74) is 9.61. The van der Waals surface area contributed by atoms with Gasteiger partial charge in [0.25, 0.3) is 0 Å². The highest BCUT2D eigenvalue weighted by Crippen LogP contribution is 2.31. The zero-order valence-corrected chi connectivity index (χ0v) is 10.7. The molecular weight excluding hydrogens is 228 g/mol. The SMILES string of the molecule is COc1ccc(-c2[nH]c(C)c(C(C)=O)c2N)cc1. The number of nitrogens with two attached hydrogens (primary N) is 1. The number of nitrogen functional groups attached to an aromatic ring is 1. The number of methoxy groups -OCH3 is 1. The zero-order chi connectivity index (χ0) is 13.3. The smallest absolute Gasteiger partial charge is 0.163 e. The monoisotopic (exact) mass is 244 g/mol. The molecule has 4 nitrogen and oxygen atoms in total. The van der Waals surface area contributed by atoms with Crippen LogP contribution in [0.1, 0.15) is 23.0 Å². The summed E-state index contributed by atoms with van der Waals surface area (Å²) < 4.78 is 5.11. The fourth-order valence-electron chi connectivity index (χ4n) is 2.08. The maximum absolute atomic E-state index is 11.5. The van der Waals surface area contributed by atoms with Crippen LogP contribution in [0.2, 0.25) is 0 Å². The fourth-order valence-corrected chi connectivity index (χ4v) is 2.08. The first kappa shape index (κ1) is 12.2. The van der Waals surface area contributed by atoms with Crippen molar-refractivity contribution in [1.82, 2.24) is 4.98 Å². The lowest BCUT2D eigenvalue weighted by Crippen LogP contribution is -1.98. The van der Waals surface area contributed by atoms with E-state index < -0.39 is 0 Å². The number of Topliss-reactive ketones (excluding diaryl/α,β-unsaturated/α-hetero) is 1. The summed E-state index contributed by atoms with van der Waals surface area (Å²) in [6.45, 7) is 3.37. The Balaban J connectivity index is 2.50. The molecule has 0 fully saturated rings. The Bertz CT molecular complexity index is 583. The Morgan fingerprint density at radius 2 is 1.89 bits per heavy atom. The van der Waals surface area contributed by atoms with E-state index in [2.05, 4.69) is 4.98 Å². The molecule has 0 spiro atoms. The third-order valence-corrected chi connectivity index (χ3v) is 2.96. The molecule has 0 unspecified atom stereocenters. The van der Waals surface area contributed by atoms with Crippen molar-refractivity contribution in [3.05, 3.63) is 35.5 Å². The lowest BCUT2D eigenvalue weighted by Gasteiger charge is -2.03. The van der Waals surface area contributed by atoms with Crippen molar-refractivity contribution in [2.24, 2.45) is 0 Å². The summed E-state index contributed by atoms with van der Waals surface area (Å²) in [5, 5.41) is 0. The van der Waals surface area contributed by atoms with Gasteiger partial charge in [0.2, 0.25) is 0 Å². The van der Waals surface area contributed by atoms with Gasteiger partial charge in [-0.15, -0.1) is 0 Å². The molecule has 0 aliphatic rings.